The fraction of sp³-hybridized carbons (Fsp3) is 0.391. The van der Waals surface area contributed by atoms with Crippen molar-refractivity contribution in [2.24, 2.45) is 16.6 Å². The van der Waals surface area contributed by atoms with E-state index >= 15 is 4.39 Å². The molecular weight excluding hydrogens is 489 g/mol. The lowest BCUT2D eigenvalue weighted by atomic mass is 9.85. The van der Waals surface area contributed by atoms with Crippen molar-refractivity contribution in [2.75, 3.05) is 19.0 Å². The highest BCUT2D eigenvalue weighted by molar-refractivity contribution is 8.15. The molecule has 1 saturated carbocycles. The number of aliphatic imine (C=N–C) groups is 1. The molecule has 1 aliphatic carbocycles. The van der Waals surface area contributed by atoms with E-state index < -0.39 is 17.3 Å². The number of nitrogens with zero attached hydrogens (tertiary/aromatic N) is 5. The van der Waals surface area contributed by atoms with Crippen LogP contribution in [0.5, 0.6) is 5.88 Å². The number of fused-ring (bicyclic) bond motifs is 1. The highest BCUT2D eigenvalue weighted by Gasteiger charge is 2.66. The van der Waals surface area contributed by atoms with Crippen molar-refractivity contribution in [3.8, 4) is 5.88 Å². The summed E-state index contributed by atoms with van der Waals surface area (Å²) < 4.78 is 30.6. The van der Waals surface area contributed by atoms with Crippen molar-refractivity contribution in [3.05, 3.63) is 59.4 Å². The number of hydrogen-bond donors (Lipinski definition) is 2. The number of amides is 1. The summed E-state index contributed by atoms with van der Waals surface area (Å²) in [6.45, 7) is 4.09. The summed E-state index contributed by atoms with van der Waals surface area (Å²) in [4.78, 5) is 29.6. The Morgan fingerprint density at radius 1 is 1.36 bits per heavy atom. The van der Waals surface area contributed by atoms with Crippen molar-refractivity contribution < 1.29 is 23.2 Å². The monoisotopic (exact) mass is 513 g/mol. The maximum atomic E-state index is 15.0. The van der Waals surface area contributed by atoms with Gasteiger partial charge in [0.15, 0.2) is 17.6 Å². The van der Waals surface area contributed by atoms with Crippen LogP contribution < -0.4 is 15.8 Å². The Hall–Kier alpha value is -3.58. The first-order chi connectivity index (χ1) is 17.2. The Morgan fingerprint density at radius 2 is 2.19 bits per heavy atom. The van der Waals surface area contributed by atoms with E-state index in [-0.39, 0.29) is 28.8 Å². The molecule has 2 aliphatic rings. The Labute approximate surface area is 210 Å². The van der Waals surface area contributed by atoms with E-state index in [1.165, 1.54) is 36.3 Å². The van der Waals surface area contributed by atoms with Crippen molar-refractivity contribution in [1.29, 1.82) is 0 Å². The molecule has 1 unspecified atom stereocenters. The molecule has 11 nitrogen and oxygen atoms in total. The molecule has 1 aromatic carbocycles. The molecule has 1 fully saturated rings. The van der Waals surface area contributed by atoms with Crippen LogP contribution in [0.3, 0.4) is 0 Å². The van der Waals surface area contributed by atoms with Gasteiger partial charge in [0.1, 0.15) is 11.5 Å². The second kappa shape index (κ2) is 9.13. The molecule has 3 N–H and O–H groups in total. The zero-order valence-electron chi connectivity index (χ0n) is 19.8. The van der Waals surface area contributed by atoms with Gasteiger partial charge >= 0.3 is 0 Å². The van der Waals surface area contributed by atoms with Gasteiger partial charge in [-0.1, -0.05) is 16.9 Å². The number of halogens is 1. The lowest BCUT2D eigenvalue weighted by Crippen LogP contribution is -2.37. The number of carbonyl (C=O) groups is 1. The summed E-state index contributed by atoms with van der Waals surface area (Å²) >= 11 is 1.48. The summed E-state index contributed by atoms with van der Waals surface area (Å²) in [6, 6.07) is 4.39. The largest absolute Gasteiger partial charge is 0.466 e. The first-order valence-corrected chi connectivity index (χ1v) is 11.9. The van der Waals surface area contributed by atoms with E-state index in [1.807, 2.05) is 6.92 Å². The molecule has 0 bridgehead atoms. The number of hydrogen-bond acceptors (Lipinski definition) is 11. The van der Waals surface area contributed by atoms with Crippen molar-refractivity contribution in [1.82, 2.24) is 20.1 Å². The van der Waals surface area contributed by atoms with Gasteiger partial charge in [0.05, 0.1) is 29.3 Å². The van der Waals surface area contributed by atoms with Gasteiger partial charge < -0.3 is 25.0 Å². The second-order valence-corrected chi connectivity index (χ2v) is 10.3. The standard InChI is InChI=1S/C23H24FN7O4S/c1-12-28-19(35-31-12)10-34-18-9-26-16(8-27-18)20(32)29-13-4-5-15(24)14(6-13)22(2)17-7-23(17,11-33-3)36-21(25)30-22/h4-6,8-9,17H,7,10-11H2,1-3H3,(H2,25,30)(H,29,32)/t17?,22-,23-/m1/s1. The summed E-state index contributed by atoms with van der Waals surface area (Å²) in [5.41, 5.74) is 6.06. The van der Waals surface area contributed by atoms with Crippen LogP contribution in [0.15, 0.2) is 40.1 Å². The molecule has 188 valence electrons. The third-order valence-corrected chi connectivity index (χ3v) is 7.56. The normalized spacial score (nSPS) is 24.6. The average Bonchev–Trinajstić information content (AvgIpc) is 3.42. The van der Waals surface area contributed by atoms with Crippen LogP contribution in [0.25, 0.3) is 0 Å². The number of carbonyl (C=O) groups excluding carboxylic acids is 1. The number of aryl methyl sites for hydroxylation is 1. The molecule has 0 saturated heterocycles. The molecule has 36 heavy (non-hydrogen) atoms. The summed E-state index contributed by atoms with van der Waals surface area (Å²) in [5, 5.41) is 6.81. The number of methoxy groups -OCH3 is 1. The van der Waals surface area contributed by atoms with Gasteiger partial charge in [0.25, 0.3) is 11.8 Å². The molecule has 3 atom stereocenters. The van der Waals surface area contributed by atoms with Crippen LogP contribution in [-0.4, -0.2) is 49.6 Å². The Bertz CT molecular complexity index is 1330. The van der Waals surface area contributed by atoms with Crippen molar-refractivity contribution in [3.63, 3.8) is 0 Å². The minimum Gasteiger partial charge on any atom is -0.466 e. The van der Waals surface area contributed by atoms with Gasteiger partial charge in [-0.15, -0.1) is 0 Å². The average molecular weight is 514 g/mol. The van der Waals surface area contributed by atoms with E-state index in [2.05, 4.69) is 30.4 Å². The Balaban J connectivity index is 1.30. The van der Waals surface area contributed by atoms with Crippen LogP contribution in [0.4, 0.5) is 10.1 Å². The first-order valence-electron chi connectivity index (χ1n) is 11.1. The predicted octanol–water partition coefficient (Wildman–Crippen LogP) is 2.82. The van der Waals surface area contributed by atoms with Crippen LogP contribution in [0.1, 0.15) is 41.1 Å². The predicted molar refractivity (Wildman–Crippen MR) is 129 cm³/mol. The zero-order valence-corrected chi connectivity index (χ0v) is 20.6. The van der Waals surface area contributed by atoms with Crippen LogP contribution in [0.2, 0.25) is 0 Å². The molecule has 5 rings (SSSR count). The van der Waals surface area contributed by atoms with Crippen LogP contribution in [0, 0.1) is 18.7 Å². The zero-order chi connectivity index (χ0) is 25.5. The molecular formula is C23H24FN7O4S. The molecule has 13 heteroatoms. The van der Waals surface area contributed by atoms with Crippen molar-refractivity contribution in [2.45, 2.75) is 37.2 Å². The SMILES string of the molecule is COC[C@]12CC1[C@@](C)(c1cc(NC(=O)c3cnc(OCc4nc(C)no4)cn3)ccc1F)N=C(N)S2. The smallest absolute Gasteiger partial charge is 0.275 e. The van der Waals surface area contributed by atoms with E-state index in [9.17, 15) is 4.79 Å². The van der Waals surface area contributed by atoms with Gasteiger partial charge in [-0.3, -0.25) is 9.79 Å². The number of nitrogens with one attached hydrogen (secondary N) is 1. The lowest BCUT2D eigenvalue weighted by molar-refractivity contribution is 0.102. The number of thioether (sulfide) groups is 1. The highest BCUT2D eigenvalue weighted by Crippen LogP contribution is 2.66. The number of rotatable bonds is 8. The topological polar surface area (TPSA) is 151 Å². The van der Waals surface area contributed by atoms with Gasteiger partial charge in [-0.05, 0) is 38.5 Å². The number of aromatic nitrogens is 4. The third kappa shape index (κ3) is 4.51. The molecule has 1 aliphatic heterocycles. The molecule has 1 amide bonds. The summed E-state index contributed by atoms with van der Waals surface area (Å²) in [5.74, 6) is 0.103. The Morgan fingerprint density at radius 3 is 2.89 bits per heavy atom. The number of anilines is 1. The maximum Gasteiger partial charge on any atom is 0.275 e. The maximum absolute atomic E-state index is 15.0. The summed E-state index contributed by atoms with van der Waals surface area (Å²) in [6.07, 6.45) is 3.40. The van der Waals surface area contributed by atoms with Crippen LogP contribution >= 0.6 is 11.8 Å². The lowest BCUT2D eigenvalue weighted by Gasteiger charge is -2.34. The van der Waals surface area contributed by atoms with Crippen LogP contribution in [-0.2, 0) is 16.9 Å². The Kier molecular flexibility index (Phi) is 6.12. The first kappa shape index (κ1) is 24.1. The summed E-state index contributed by atoms with van der Waals surface area (Å²) in [7, 11) is 1.64. The second-order valence-electron chi connectivity index (χ2n) is 8.87. The number of nitrogens with two attached hydrogens (primary N) is 1. The molecule has 3 aromatic rings. The molecule has 0 radical (unpaired) electrons. The van der Waals surface area contributed by atoms with Crippen molar-refractivity contribution >= 4 is 28.5 Å². The minimum absolute atomic E-state index is 0.0242. The van der Waals surface area contributed by atoms with Gasteiger partial charge in [-0.25, -0.2) is 14.4 Å². The van der Waals surface area contributed by atoms with E-state index in [0.717, 1.165) is 6.42 Å². The van der Waals surface area contributed by atoms with E-state index in [0.29, 0.717) is 34.7 Å². The van der Waals surface area contributed by atoms with Gasteiger partial charge in [0.2, 0.25) is 5.88 Å². The number of amidine groups is 1. The molecule has 0 spiro atoms. The minimum atomic E-state index is -0.881. The molecule has 2 aromatic heterocycles. The number of ether oxygens (including phenoxy) is 2. The van der Waals surface area contributed by atoms with E-state index in [1.54, 1.807) is 20.1 Å². The van der Waals surface area contributed by atoms with E-state index in [4.69, 9.17) is 19.7 Å². The highest BCUT2D eigenvalue weighted by atomic mass is 32.2. The number of benzene rings is 1. The van der Waals surface area contributed by atoms with Gasteiger partial charge in [0, 0.05) is 24.3 Å². The quantitative estimate of drug-likeness (QED) is 0.460. The fourth-order valence-electron chi connectivity index (χ4n) is 4.56. The van der Waals surface area contributed by atoms with Gasteiger partial charge in [-0.2, -0.15) is 4.98 Å². The fourth-order valence-corrected chi connectivity index (χ4v) is 6.01. The molecule has 3 heterocycles. The third-order valence-electron chi connectivity index (χ3n) is 6.29.